The Morgan fingerprint density at radius 1 is 1.32 bits per heavy atom. The van der Waals surface area contributed by atoms with Crippen LogP contribution in [-0.4, -0.2) is 46.3 Å². The molecular weight excluding hydrogens is 314 g/mol. The van der Waals surface area contributed by atoms with E-state index in [1.807, 2.05) is 25.1 Å². The van der Waals surface area contributed by atoms with Crippen molar-refractivity contribution in [3.05, 3.63) is 54.1 Å². The second-order valence-corrected chi connectivity index (χ2v) is 7.21. The molecule has 5 nitrogen and oxygen atoms in total. The molecule has 4 heterocycles. The molecule has 0 amide bonds. The van der Waals surface area contributed by atoms with Gasteiger partial charge in [0.25, 0.3) is 0 Å². The van der Waals surface area contributed by atoms with E-state index in [4.69, 9.17) is 9.47 Å². The first-order chi connectivity index (χ1) is 12.2. The van der Waals surface area contributed by atoms with Crippen LogP contribution in [0.3, 0.4) is 0 Å². The third-order valence-electron chi connectivity index (χ3n) is 5.06. The van der Waals surface area contributed by atoms with Gasteiger partial charge in [-0.1, -0.05) is 6.07 Å². The molecule has 2 aromatic heterocycles. The van der Waals surface area contributed by atoms with Gasteiger partial charge >= 0.3 is 0 Å². The van der Waals surface area contributed by atoms with Crippen molar-refractivity contribution in [1.29, 1.82) is 0 Å². The van der Waals surface area contributed by atoms with Gasteiger partial charge in [-0.25, -0.2) is 0 Å². The quantitative estimate of drug-likeness (QED) is 0.857. The lowest BCUT2D eigenvalue weighted by atomic mass is 9.89. The lowest BCUT2D eigenvalue weighted by molar-refractivity contribution is -0.0540. The fraction of sp³-hybridized carbons (Fsp3) is 0.500. The van der Waals surface area contributed by atoms with Crippen LogP contribution in [-0.2, 0) is 11.3 Å². The number of aromatic nitrogens is 2. The van der Waals surface area contributed by atoms with Gasteiger partial charge in [-0.2, -0.15) is 0 Å². The van der Waals surface area contributed by atoms with E-state index in [0.29, 0.717) is 6.61 Å². The van der Waals surface area contributed by atoms with Crippen molar-refractivity contribution in [2.75, 3.05) is 19.7 Å². The number of piperidine rings is 1. The summed E-state index contributed by atoms with van der Waals surface area (Å²) in [7, 11) is 0. The lowest BCUT2D eigenvalue weighted by Crippen LogP contribution is -2.47. The molecule has 1 spiro atoms. The maximum atomic E-state index is 6.25. The molecule has 0 saturated carbocycles. The maximum Gasteiger partial charge on any atom is 0.138 e. The number of hydrogen-bond acceptors (Lipinski definition) is 5. The van der Waals surface area contributed by atoms with Gasteiger partial charge in [0.1, 0.15) is 11.9 Å². The van der Waals surface area contributed by atoms with E-state index >= 15 is 0 Å². The predicted molar refractivity (Wildman–Crippen MR) is 95.4 cm³/mol. The van der Waals surface area contributed by atoms with E-state index in [1.165, 1.54) is 0 Å². The highest BCUT2D eigenvalue weighted by Crippen LogP contribution is 2.36. The van der Waals surface area contributed by atoms with Crippen molar-refractivity contribution in [2.24, 2.45) is 0 Å². The molecule has 5 heteroatoms. The van der Waals surface area contributed by atoms with Gasteiger partial charge in [0.05, 0.1) is 24.1 Å². The number of rotatable bonds is 4. The topological polar surface area (TPSA) is 47.5 Å². The molecule has 25 heavy (non-hydrogen) atoms. The van der Waals surface area contributed by atoms with Crippen molar-refractivity contribution in [3.63, 3.8) is 0 Å². The summed E-state index contributed by atoms with van der Waals surface area (Å²) in [5.41, 5.74) is 2.14. The van der Waals surface area contributed by atoms with Crippen molar-refractivity contribution >= 4 is 0 Å². The monoisotopic (exact) mass is 339 g/mol. The minimum Gasteiger partial charge on any atom is -0.486 e. The van der Waals surface area contributed by atoms with Gasteiger partial charge in [-0.05, 0) is 50.6 Å². The molecule has 2 aromatic rings. The zero-order chi connectivity index (χ0) is 17.1. The van der Waals surface area contributed by atoms with Gasteiger partial charge in [-0.3, -0.25) is 14.9 Å². The smallest absolute Gasteiger partial charge is 0.138 e. The Morgan fingerprint density at radius 3 is 3.12 bits per heavy atom. The molecule has 2 fully saturated rings. The van der Waals surface area contributed by atoms with Crippen LogP contribution in [0.1, 0.15) is 30.7 Å². The third-order valence-corrected chi connectivity index (χ3v) is 5.06. The summed E-state index contributed by atoms with van der Waals surface area (Å²) in [6.07, 6.45) is 6.85. The van der Waals surface area contributed by atoms with Gasteiger partial charge in [-0.15, -0.1) is 0 Å². The van der Waals surface area contributed by atoms with Gasteiger partial charge < -0.3 is 9.47 Å². The number of aryl methyl sites for hydroxylation is 1. The second-order valence-electron chi connectivity index (χ2n) is 7.21. The Balaban J connectivity index is 1.37. The van der Waals surface area contributed by atoms with Crippen LogP contribution in [0.4, 0.5) is 0 Å². The Hall–Kier alpha value is -1.98. The molecule has 0 N–H and O–H groups in total. The Bertz CT molecular complexity index is 709. The minimum absolute atomic E-state index is 0.0745. The highest BCUT2D eigenvalue weighted by atomic mass is 16.6. The average Bonchev–Trinajstić information content (AvgIpc) is 2.97. The van der Waals surface area contributed by atoms with E-state index in [2.05, 4.69) is 27.0 Å². The molecule has 0 radical (unpaired) electrons. The number of ether oxygens (including phenoxy) is 2. The number of hydrogen-bond donors (Lipinski definition) is 0. The van der Waals surface area contributed by atoms with Crippen LogP contribution < -0.4 is 4.74 Å². The summed E-state index contributed by atoms with van der Waals surface area (Å²) in [5, 5.41) is 0. The molecule has 0 aliphatic carbocycles. The Morgan fingerprint density at radius 2 is 2.28 bits per heavy atom. The van der Waals surface area contributed by atoms with E-state index in [9.17, 15) is 0 Å². The largest absolute Gasteiger partial charge is 0.486 e. The number of nitrogens with zero attached hydrogens (tertiary/aromatic N) is 3. The minimum atomic E-state index is -0.0745. The average molecular weight is 339 g/mol. The van der Waals surface area contributed by atoms with Crippen LogP contribution in [0, 0.1) is 6.92 Å². The Kier molecular flexibility index (Phi) is 4.68. The first-order valence-electron chi connectivity index (χ1n) is 9.06. The van der Waals surface area contributed by atoms with Crippen LogP contribution in [0.15, 0.2) is 42.7 Å². The summed E-state index contributed by atoms with van der Waals surface area (Å²) >= 11 is 0. The fourth-order valence-electron chi connectivity index (χ4n) is 4.01. The molecule has 2 atom stereocenters. The summed E-state index contributed by atoms with van der Waals surface area (Å²) in [6.45, 7) is 5.65. The SMILES string of the molecule is Cc1cccc(CN2CCC[C@]3(C[C@@H](Oc4cccnc4)CO3)C2)n1. The zero-order valence-corrected chi connectivity index (χ0v) is 14.7. The number of likely N-dealkylation sites (tertiary alicyclic amines) is 1. The highest BCUT2D eigenvalue weighted by molar-refractivity contribution is 5.16. The molecule has 2 aliphatic heterocycles. The van der Waals surface area contributed by atoms with Crippen molar-refractivity contribution < 1.29 is 9.47 Å². The number of pyridine rings is 2. The molecule has 4 rings (SSSR count). The molecule has 2 saturated heterocycles. The van der Waals surface area contributed by atoms with Crippen LogP contribution >= 0.6 is 0 Å². The molecular formula is C20H25N3O2. The molecule has 2 aliphatic rings. The third kappa shape index (κ3) is 3.99. The van der Waals surface area contributed by atoms with Crippen molar-refractivity contribution in [3.8, 4) is 5.75 Å². The van der Waals surface area contributed by atoms with E-state index in [-0.39, 0.29) is 11.7 Å². The van der Waals surface area contributed by atoms with Crippen molar-refractivity contribution in [1.82, 2.24) is 14.9 Å². The fourth-order valence-corrected chi connectivity index (χ4v) is 4.01. The predicted octanol–water partition coefficient (Wildman–Crippen LogP) is 2.99. The van der Waals surface area contributed by atoms with Crippen molar-refractivity contribution in [2.45, 2.75) is 44.4 Å². The zero-order valence-electron chi connectivity index (χ0n) is 14.7. The van der Waals surface area contributed by atoms with Gasteiger partial charge in [0, 0.05) is 31.4 Å². The first kappa shape index (κ1) is 16.5. The summed E-state index contributed by atoms with van der Waals surface area (Å²) < 4.78 is 12.3. The molecule has 0 unspecified atom stereocenters. The normalized spacial score (nSPS) is 26.8. The molecule has 132 valence electrons. The van der Waals surface area contributed by atoms with Crippen LogP contribution in [0.5, 0.6) is 5.75 Å². The van der Waals surface area contributed by atoms with Crippen LogP contribution in [0.25, 0.3) is 0 Å². The maximum absolute atomic E-state index is 6.25. The summed E-state index contributed by atoms with van der Waals surface area (Å²) in [6, 6.07) is 10.1. The van der Waals surface area contributed by atoms with E-state index in [0.717, 1.165) is 56.0 Å². The standard InChI is InChI=1S/C20H25N3O2/c1-16-5-2-6-17(22-16)13-23-10-4-8-20(15-23)11-19(14-24-20)25-18-7-3-9-21-12-18/h2-3,5-7,9,12,19H,4,8,10-11,13-15H2,1H3/t19-,20+/m1/s1. The lowest BCUT2D eigenvalue weighted by Gasteiger charge is -2.39. The van der Waals surface area contributed by atoms with E-state index in [1.54, 1.807) is 12.4 Å². The van der Waals surface area contributed by atoms with Crippen LogP contribution in [0.2, 0.25) is 0 Å². The van der Waals surface area contributed by atoms with Gasteiger partial charge in [0.15, 0.2) is 0 Å². The summed E-state index contributed by atoms with van der Waals surface area (Å²) in [4.78, 5) is 11.2. The van der Waals surface area contributed by atoms with Gasteiger partial charge in [0.2, 0.25) is 0 Å². The molecule has 0 bridgehead atoms. The summed E-state index contributed by atoms with van der Waals surface area (Å²) in [5.74, 6) is 0.824. The van der Waals surface area contributed by atoms with E-state index < -0.39 is 0 Å². The first-order valence-corrected chi connectivity index (χ1v) is 9.06. The molecule has 0 aromatic carbocycles. The highest BCUT2D eigenvalue weighted by Gasteiger charge is 2.44. The Labute approximate surface area is 149 Å². The second kappa shape index (κ2) is 7.10.